The van der Waals surface area contributed by atoms with Crippen molar-refractivity contribution in [3.8, 4) is 0 Å². The second-order valence-corrected chi connectivity index (χ2v) is 2.76. The van der Waals surface area contributed by atoms with Gasteiger partial charge in [-0.1, -0.05) is 0 Å². The van der Waals surface area contributed by atoms with Crippen LogP contribution in [0.15, 0.2) is 18.2 Å². The van der Waals surface area contributed by atoms with Gasteiger partial charge in [-0.2, -0.15) is 8.78 Å². The minimum absolute atomic E-state index is 0.108. The molecule has 0 bridgehead atoms. The van der Waals surface area contributed by atoms with Crippen molar-refractivity contribution in [1.82, 2.24) is 0 Å². The first kappa shape index (κ1) is 11.8. The minimum atomic E-state index is -1.35. The van der Waals surface area contributed by atoms with Crippen LogP contribution in [0.4, 0.5) is 14.5 Å². The van der Waals surface area contributed by atoms with E-state index < -0.39 is 28.2 Å². The van der Waals surface area contributed by atoms with Crippen LogP contribution in [0.25, 0.3) is 6.08 Å². The molecule has 0 atom stereocenters. The maximum absolute atomic E-state index is 13.0. The largest absolute Gasteiger partial charge is 0.478 e. The maximum atomic E-state index is 13.0. The van der Waals surface area contributed by atoms with Crippen molar-refractivity contribution in [3.05, 3.63) is 45.5 Å². The number of benzene rings is 1. The van der Waals surface area contributed by atoms with Crippen molar-refractivity contribution in [1.29, 1.82) is 0 Å². The third-order valence-corrected chi connectivity index (χ3v) is 1.64. The van der Waals surface area contributed by atoms with Crippen LogP contribution < -0.4 is 0 Å². The van der Waals surface area contributed by atoms with E-state index in [9.17, 15) is 23.7 Å². The first-order chi connectivity index (χ1) is 7.41. The van der Waals surface area contributed by atoms with E-state index in [-0.39, 0.29) is 5.56 Å². The lowest BCUT2D eigenvalue weighted by Gasteiger charge is -1.98. The first-order valence-corrected chi connectivity index (χ1v) is 3.96. The lowest BCUT2D eigenvalue weighted by molar-refractivity contribution is -0.390. The van der Waals surface area contributed by atoms with Crippen LogP contribution in [-0.2, 0) is 4.79 Å². The fraction of sp³-hybridized carbons (Fsp3) is 0. The van der Waals surface area contributed by atoms with Gasteiger partial charge in [0.05, 0.1) is 4.92 Å². The Kier molecular flexibility index (Phi) is 3.29. The SMILES string of the molecule is O=C(O)/C=C/c1cc(F)c([N+](=O)[O-])c(F)c1. The summed E-state index contributed by atoms with van der Waals surface area (Å²) in [6.07, 6.45) is 1.60. The van der Waals surface area contributed by atoms with Crippen molar-refractivity contribution in [3.63, 3.8) is 0 Å². The molecule has 1 aromatic rings. The summed E-state index contributed by atoms with van der Waals surface area (Å²) >= 11 is 0. The second kappa shape index (κ2) is 4.47. The van der Waals surface area contributed by atoms with E-state index in [0.717, 1.165) is 6.08 Å². The molecule has 1 N–H and O–H groups in total. The van der Waals surface area contributed by atoms with Crippen LogP contribution in [0.3, 0.4) is 0 Å². The molecule has 0 fully saturated rings. The number of hydrogen-bond donors (Lipinski definition) is 1. The Labute approximate surface area is 87.8 Å². The van der Waals surface area contributed by atoms with Crippen LogP contribution in [0.5, 0.6) is 0 Å². The number of rotatable bonds is 3. The number of carboxylic acid groups (broad SMARTS) is 1. The summed E-state index contributed by atoms with van der Waals surface area (Å²) in [6.45, 7) is 0. The molecule has 84 valence electrons. The third kappa shape index (κ3) is 2.59. The molecule has 7 heteroatoms. The molecule has 16 heavy (non-hydrogen) atoms. The molecular formula is C9H5F2NO4. The maximum Gasteiger partial charge on any atom is 0.340 e. The van der Waals surface area contributed by atoms with Crippen molar-refractivity contribution < 1.29 is 23.6 Å². The Morgan fingerprint density at radius 3 is 2.25 bits per heavy atom. The highest BCUT2D eigenvalue weighted by molar-refractivity contribution is 5.85. The predicted molar refractivity (Wildman–Crippen MR) is 49.7 cm³/mol. The quantitative estimate of drug-likeness (QED) is 0.488. The number of carboxylic acids is 1. The number of nitro groups is 1. The van der Waals surface area contributed by atoms with Gasteiger partial charge in [0.25, 0.3) is 0 Å². The molecule has 0 amide bonds. The fourth-order valence-corrected chi connectivity index (χ4v) is 1.02. The Balaban J connectivity index is 3.20. The molecule has 0 saturated carbocycles. The van der Waals surface area contributed by atoms with E-state index in [1.54, 1.807) is 0 Å². The van der Waals surface area contributed by atoms with Crippen LogP contribution in [0.2, 0.25) is 0 Å². The lowest BCUT2D eigenvalue weighted by atomic mass is 10.1. The normalized spacial score (nSPS) is 10.6. The second-order valence-electron chi connectivity index (χ2n) is 2.76. The molecule has 1 rings (SSSR count). The highest BCUT2D eigenvalue weighted by Crippen LogP contribution is 2.23. The summed E-state index contributed by atoms with van der Waals surface area (Å²) in [5.41, 5.74) is -1.37. The zero-order valence-electron chi connectivity index (χ0n) is 7.68. The smallest absolute Gasteiger partial charge is 0.340 e. The van der Waals surface area contributed by atoms with E-state index in [4.69, 9.17) is 5.11 Å². The first-order valence-electron chi connectivity index (χ1n) is 3.96. The van der Waals surface area contributed by atoms with E-state index >= 15 is 0 Å². The van der Waals surface area contributed by atoms with Crippen molar-refractivity contribution in [2.45, 2.75) is 0 Å². The molecule has 0 saturated heterocycles. The molecule has 0 aliphatic heterocycles. The number of nitro benzene ring substituents is 1. The van der Waals surface area contributed by atoms with Crippen LogP contribution >= 0.6 is 0 Å². The van der Waals surface area contributed by atoms with E-state index in [1.807, 2.05) is 0 Å². The molecule has 0 radical (unpaired) electrons. The van der Waals surface area contributed by atoms with Gasteiger partial charge in [-0.25, -0.2) is 4.79 Å². The standard InChI is InChI=1S/C9H5F2NO4/c10-6-3-5(1-2-8(13)14)4-7(11)9(6)12(15)16/h1-4H,(H,13,14)/b2-1+. The van der Waals surface area contributed by atoms with Gasteiger partial charge in [-0.05, 0) is 23.8 Å². The van der Waals surface area contributed by atoms with Gasteiger partial charge < -0.3 is 5.11 Å². The molecule has 0 aliphatic rings. The Morgan fingerprint density at radius 2 is 1.88 bits per heavy atom. The topological polar surface area (TPSA) is 80.4 Å². The van der Waals surface area contributed by atoms with E-state index in [0.29, 0.717) is 18.2 Å². The van der Waals surface area contributed by atoms with Crippen LogP contribution in [-0.4, -0.2) is 16.0 Å². The van der Waals surface area contributed by atoms with Crippen LogP contribution in [0, 0.1) is 21.7 Å². The highest BCUT2D eigenvalue weighted by Gasteiger charge is 2.21. The van der Waals surface area contributed by atoms with Gasteiger partial charge in [0.15, 0.2) is 0 Å². The molecule has 0 spiro atoms. The summed E-state index contributed by atoms with van der Waals surface area (Å²) < 4.78 is 26.0. The molecule has 0 heterocycles. The monoisotopic (exact) mass is 229 g/mol. The number of hydrogen-bond acceptors (Lipinski definition) is 3. The Bertz CT molecular complexity index is 461. The van der Waals surface area contributed by atoms with E-state index in [1.165, 1.54) is 0 Å². The summed E-state index contributed by atoms with van der Waals surface area (Å²) in [4.78, 5) is 19.2. The van der Waals surface area contributed by atoms with Gasteiger partial charge >= 0.3 is 11.7 Å². The number of carbonyl (C=O) groups is 1. The van der Waals surface area contributed by atoms with E-state index in [2.05, 4.69) is 0 Å². The average molecular weight is 229 g/mol. The predicted octanol–water partition coefficient (Wildman–Crippen LogP) is 1.97. The summed E-state index contributed by atoms with van der Waals surface area (Å²) in [7, 11) is 0. The molecular weight excluding hydrogens is 224 g/mol. The fourth-order valence-electron chi connectivity index (χ4n) is 1.02. The van der Waals surface area contributed by atoms with Crippen LogP contribution in [0.1, 0.15) is 5.56 Å². The molecule has 1 aromatic carbocycles. The number of aliphatic carboxylic acids is 1. The van der Waals surface area contributed by atoms with Gasteiger partial charge in [0.2, 0.25) is 11.6 Å². The van der Waals surface area contributed by atoms with Gasteiger partial charge in [-0.3, -0.25) is 10.1 Å². The number of halogens is 2. The van der Waals surface area contributed by atoms with Gasteiger partial charge in [0.1, 0.15) is 0 Å². The summed E-state index contributed by atoms with van der Waals surface area (Å²) in [5, 5.41) is 18.5. The Morgan fingerprint density at radius 1 is 1.38 bits per heavy atom. The number of nitrogens with zero attached hydrogens (tertiary/aromatic N) is 1. The lowest BCUT2D eigenvalue weighted by Crippen LogP contribution is -1.97. The van der Waals surface area contributed by atoms with Crippen molar-refractivity contribution in [2.75, 3.05) is 0 Å². The highest BCUT2D eigenvalue weighted by atomic mass is 19.1. The van der Waals surface area contributed by atoms with Crippen molar-refractivity contribution >= 4 is 17.7 Å². The molecule has 0 unspecified atom stereocenters. The zero-order chi connectivity index (χ0) is 12.3. The summed E-state index contributed by atoms with van der Waals surface area (Å²) in [5.74, 6) is -4.00. The minimum Gasteiger partial charge on any atom is -0.478 e. The molecule has 0 aliphatic carbocycles. The summed E-state index contributed by atoms with van der Waals surface area (Å²) in [6, 6.07) is 1.36. The van der Waals surface area contributed by atoms with Gasteiger partial charge in [0, 0.05) is 6.08 Å². The molecule has 5 nitrogen and oxygen atoms in total. The van der Waals surface area contributed by atoms with Crippen molar-refractivity contribution in [2.24, 2.45) is 0 Å². The zero-order valence-corrected chi connectivity index (χ0v) is 7.68. The Hall–Kier alpha value is -2.31. The molecule has 0 aromatic heterocycles. The average Bonchev–Trinajstić information content (AvgIpc) is 2.12. The third-order valence-electron chi connectivity index (χ3n) is 1.64. The van der Waals surface area contributed by atoms with Gasteiger partial charge in [-0.15, -0.1) is 0 Å².